The summed E-state index contributed by atoms with van der Waals surface area (Å²) in [6.07, 6.45) is 2.56. The summed E-state index contributed by atoms with van der Waals surface area (Å²) in [6, 6.07) is 5.72. The third kappa shape index (κ3) is 3.97. The Labute approximate surface area is 104 Å². The monoisotopic (exact) mass is 292 g/mol. The van der Waals surface area contributed by atoms with Crippen LogP contribution in [0.1, 0.15) is 12.8 Å². The van der Waals surface area contributed by atoms with E-state index in [1.807, 2.05) is 18.2 Å². The molecule has 1 aromatic rings. The molecule has 0 radical (unpaired) electrons. The zero-order valence-corrected chi connectivity index (χ0v) is 10.7. The van der Waals surface area contributed by atoms with Crippen molar-refractivity contribution in [1.82, 2.24) is 10.3 Å². The predicted octanol–water partition coefficient (Wildman–Crippen LogP) is 2.40. The van der Waals surface area contributed by atoms with Crippen LogP contribution in [-0.2, 0) is 0 Å². The summed E-state index contributed by atoms with van der Waals surface area (Å²) >= 11 is 3.32. The van der Waals surface area contributed by atoms with Gasteiger partial charge in [0.1, 0.15) is 10.7 Å². The topological polar surface area (TPSA) is 34.1 Å². The van der Waals surface area contributed by atoms with Gasteiger partial charge in [0.05, 0.1) is 0 Å². The number of rotatable bonds is 2. The number of pyridine rings is 1. The Morgan fingerprint density at radius 1 is 1.47 bits per heavy atom. The minimum absolute atomic E-state index is 0. The van der Waals surface area contributed by atoms with E-state index >= 15 is 0 Å². The van der Waals surface area contributed by atoms with Gasteiger partial charge >= 0.3 is 0 Å². The first-order chi connectivity index (χ1) is 6.84. The van der Waals surface area contributed by atoms with E-state index in [2.05, 4.69) is 26.2 Å². The fourth-order valence-electron chi connectivity index (χ4n) is 1.55. The number of hydrogen-bond donors (Lipinski definition) is 1. The maximum absolute atomic E-state index is 5.73. The molecule has 1 aliphatic rings. The van der Waals surface area contributed by atoms with E-state index in [1.165, 1.54) is 6.42 Å². The second-order valence-electron chi connectivity index (χ2n) is 3.38. The van der Waals surface area contributed by atoms with Gasteiger partial charge in [-0.3, -0.25) is 0 Å². The summed E-state index contributed by atoms with van der Waals surface area (Å²) < 4.78 is 6.55. The van der Waals surface area contributed by atoms with Crippen LogP contribution in [-0.4, -0.2) is 24.2 Å². The van der Waals surface area contributed by atoms with Gasteiger partial charge in [0, 0.05) is 12.6 Å². The third-order valence-corrected chi connectivity index (χ3v) is 2.67. The number of ether oxygens (including phenoxy) is 1. The molecule has 2 heterocycles. The van der Waals surface area contributed by atoms with Gasteiger partial charge in [-0.2, -0.15) is 0 Å². The first kappa shape index (κ1) is 12.7. The molecule has 1 N–H and O–H groups in total. The Bertz CT molecular complexity index is 305. The molecule has 15 heavy (non-hydrogen) atoms. The Kier molecular flexibility index (Phi) is 5.36. The molecular weight excluding hydrogens is 279 g/mol. The molecule has 0 saturated carbocycles. The van der Waals surface area contributed by atoms with E-state index in [-0.39, 0.29) is 18.5 Å². The molecule has 5 heteroatoms. The molecule has 1 saturated heterocycles. The van der Waals surface area contributed by atoms with Crippen LogP contribution in [0.15, 0.2) is 22.8 Å². The highest BCUT2D eigenvalue weighted by Gasteiger charge is 2.14. The average Bonchev–Trinajstić information content (AvgIpc) is 2.19. The molecule has 1 atom stereocenters. The van der Waals surface area contributed by atoms with E-state index in [1.54, 1.807) is 0 Å². The van der Waals surface area contributed by atoms with Gasteiger partial charge in [-0.15, -0.1) is 12.4 Å². The van der Waals surface area contributed by atoms with Crippen molar-refractivity contribution in [1.29, 1.82) is 0 Å². The fourth-order valence-corrected chi connectivity index (χ4v) is 1.87. The van der Waals surface area contributed by atoms with Gasteiger partial charge in [0.25, 0.3) is 0 Å². The summed E-state index contributed by atoms with van der Waals surface area (Å²) in [4.78, 5) is 4.23. The molecule has 0 amide bonds. The molecule has 1 unspecified atom stereocenters. The molecule has 2 rings (SSSR count). The van der Waals surface area contributed by atoms with Crippen LogP contribution in [0.25, 0.3) is 0 Å². The molecule has 1 fully saturated rings. The molecule has 0 aromatic carbocycles. The van der Waals surface area contributed by atoms with Crippen molar-refractivity contribution in [2.45, 2.75) is 18.9 Å². The minimum Gasteiger partial charge on any atom is -0.473 e. The first-order valence-corrected chi connectivity index (χ1v) is 5.64. The smallest absolute Gasteiger partial charge is 0.214 e. The normalized spacial score (nSPS) is 20.5. The zero-order valence-electron chi connectivity index (χ0n) is 8.28. The maximum Gasteiger partial charge on any atom is 0.214 e. The van der Waals surface area contributed by atoms with E-state index in [0.717, 1.165) is 24.1 Å². The average molecular weight is 294 g/mol. The van der Waals surface area contributed by atoms with Crippen molar-refractivity contribution in [2.75, 3.05) is 13.1 Å². The van der Waals surface area contributed by atoms with Crippen molar-refractivity contribution in [3.8, 4) is 5.88 Å². The highest BCUT2D eigenvalue weighted by atomic mass is 79.9. The Morgan fingerprint density at radius 2 is 2.33 bits per heavy atom. The van der Waals surface area contributed by atoms with Crippen molar-refractivity contribution in [3.05, 3.63) is 22.8 Å². The molecule has 84 valence electrons. The third-order valence-electron chi connectivity index (χ3n) is 2.23. The van der Waals surface area contributed by atoms with Crippen molar-refractivity contribution >= 4 is 28.3 Å². The van der Waals surface area contributed by atoms with Gasteiger partial charge in [-0.1, -0.05) is 6.07 Å². The second-order valence-corrected chi connectivity index (χ2v) is 4.20. The lowest BCUT2D eigenvalue weighted by atomic mass is 10.1. The summed E-state index contributed by atoms with van der Waals surface area (Å²) in [5, 5.41) is 3.31. The van der Waals surface area contributed by atoms with Crippen LogP contribution >= 0.6 is 28.3 Å². The zero-order chi connectivity index (χ0) is 9.80. The first-order valence-electron chi connectivity index (χ1n) is 4.84. The van der Waals surface area contributed by atoms with Crippen LogP contribution in [0.2, 0.25) is 0 Å². The summed E-state index contributed by atoms with van der Waals surface area (Å²) in [7, 11) is 0. The number of halogens is 2. The second kappa shape index (κ2) is 6.30. The van der Waals surface area contributed by atoms with Crippen LogP contribution in [0.4, 0.5) is 0 Å². The van der Waals surface area contributed by atoms with Gasteiger partial charge in [-0.25, -0.2) is 4.98 Å². The standard InChI is InChI=1S/C10H13BrN2O.ClH/c11-9-4-1-5-10(13-9)14-8-3-2-6-12-7-8;/h1,4-5,8,12H,2-3,6-7H2;1H. The number of hydrogen-bond acceptors (Lipinski definition) is 3. The quantitative estimate of drug-likeness (QED) is 0.850. The Morgan fingerprint density at radius 3 is 3.00 bits per heavy atom. The number of piperidine rings is 1. The largest absolute Gasteiger partial charge is 0.473 e. The van der Waals surface area contributed by atoms with Crippen LogP contribution in [0, 0.1) is 0 Å². The van der Waals surface area contributed by atoms with Crippen LogP contribution in [0.3, 0.4) is 0 Å². The lowest BCUT2D eigenvalue weighted by Gasteiger charge is -2.23. The highest BCUT2D eigenvalue weighted by Crippen LogP contribution is 2.15. The molecular formula is C10H14BrClN2O. The van der Waals surface area contributed by atoms with Gasteiger partial charge < -0.3 is 10.1 Å². The molecule has 1 aromatic heterocycles. The molecule has 0 spiro atoms. The summed E-state index contributed by atoms with van der Waals surface area (Å²) in [6.45, 7) is 2.03. The van der Waals surface area contributed by atoms with E-state index in [4.69, 9.17) is 4.74 Å². The van der Waals surface area contributed by atoms with E-state index < -0.39 is 0 Å². The number of nitrogens with one attached hydrogen (secondary N) is 1. The van der Waals surface area contributed by atoms with Crippen molar-refractivity contribution in [2.24, 2.45) is 0 Å². The van der Waals surface area contributed by atoms with Gasteiger partial charge in [-0.05, 0) is 41.4 Å². The fraction of sp³-hybridized carbons (Fsp3) is 0.500. The van der Waals surface area contributed by atoms with Crippen LogP contribution < -0.4 is 10.1 Å². The molecule has 0 aliphatic carbocycles. The van der Waals surface area contributed by atoms with Gasteiger partial charge in [0.2, 0.25) is 5.88 Å². The SMILES string of the molecule is Brc1cccc(OC2CCCNC2)n1.Cl. The van der Waals surface area contributed by atoms with Crippen molar-refractivity contribution in [3.63, 3.8) is 0 Å². The summed E-state index contributed by atoms with van der Waals surface area (Å²) in [5.74, 6) is 0.702. The van der Waals surface area contributed by atoms with Crippen LogP contribution in [0.5, 0.6) is 5.88 Å². The lowest BCUT2D eigenvalue weighted by Crippen LogP contribution is -2.37. The van der Waals surface area contributed by atoms with Crippen molar-refractivity contribution < 1.29 is 4.74 Å². The summed E-state index contributed by atoms with van der Waals surface area (Å²) in [5.41, 5.74) is 0. The minimum atomic E-state index is 0. The number of nitrogens with zero attached hydrogens (tertiary/aromatic N) is 1. The van der Waals surface area contributed by atoms with E-state index in [0.29, 0.717) is 5.88 Å². The number of aromatic nitrogens is 1. The maximum atomic E-state index is 5.73. The Hall–Kier alpha value is -0.320. The Balaban J connectivity index is 0.00000112. The highest BCUT2D eigenvalue weighted by molar-refractivity contribution is 9.10. The van der Waals surface area contributed by atoms with E-state index in [9.17, 15) is 0 Å². The molecule has 1 aliphatic heterocycles. The molecule has 0 bridgehead atoms. The predicted molar refractivity (Wildman–Crippen MR) is 65.7 cm³/mol. The lowest BCUT2D eigenvalue weighted by molar-refractivity contribution is 0.160. The molecule has 3 nitrogen and oxygen atoms in total. The van der Waals surface area contributed by atoms with Gasteiger partial charge in [0.15, 0.2) is 0 Å².